The Morgan fingerprint density at radius 2 is 1.57 bits per heavy atom. The van der Waals surface area contributed by atoms with E-state index in [0.717, 1.165) is 18.1 Å². The summed E-state index contributed by atoms with van der Waals surface area (Å²) < 4.78 is 14.8. The summed E-state index contributed by atoms with van der Waals surface area (Å²) in [6, 6.07) is 13.6. The number of halogens is 1. The van der Waals surface area contributed by atoms with Gasteiger partial charge in [-0.05, 0) is 33.6 Å². The number of rotatable bonds is 3. The Morgan fingerprint density at radius 3 is 2.11 bits per heavy atom. The van der Waals surface area contributed by atoms with Crippen LogP contribution in [0.5, 0.6) is 0 Å². The van der Waals surface area contributed by atoms with E-state index in [4.69, 9.17) is 0 Å². The third kappa shape index (κ3) is 3.38. The lowest BCUT2D eigenvalue weighted by Gasteiger charge is -2.35. The van der Waals surface area contributed by atoms with E-state index in [1.165, 1.54) is 11.1 Å². The molecule has 0 atom stereocenters. The van der Waals surface area contributed by atoms with Gasteiger partial charge in [-0.25, -0.2) is 4.39 Å². The molecule has 146 valence electrons. The smallest absolute Gasteiger partial charge is 0.227 e. The maximum atomic E-state index is 14.8. The molecule has 2 heterocycles. The predicted octanol–water partition coefficient (Wildman–Crippen LogP) is 4.68. The molecule has 2 nitrogen and oxygen atoms in total. The van der Waals surface area contributed by atoms with E-state index in [-0.39, 0.29) is 29.0 Å². The van der Waals surface area contributed by atoms with Gasteiger partial charge in [-0.15, -0.1) is 0 Å². The normalized spacial score (nSPS) is 19.8. The lowest BCUT2D eigenvalue weighted by atomic mass is 9.42. The quantitative estimate of drug-likeness (QED) is 0.712. The van der Waals surface area contributed by atoms with Gasteiger partial charge in [0.2, 0.25) is 5.91 Å². The fraction of sp³-hybridized carbons (Fsp3) is 0.458. The topological polar surface area (TPSA) is 20.3 Å². The van der Waals surface area contributed by atoms with Crippen LogP contribution in [-0.2, 0) is 24.3 Å². The molecule has 2 aromatic rings. The summed E-state index contributed by atoms with van der Waals surface area (Å²) in [6.45, 7) is 10.9. The van der Waals surface area contributed by atoms with E-state index in [1.54, 1.807) is 6.07 Å². The largest absolute Gasteiger partial charge is 0.334 e. The molecule has 0 unspecified atom stereocenters. The first-order valence-corrected chi connectivity index (χ1v) is 10.3. The van der Waals surface area contributed by atoms with Gasteiger partial charge in [0.15, 0.2) is 6.71 Å². The fourth-order valence-electron chi connectivity index (χ4n) is 4.84. The summed E-state index contributed by atoms with van der Waals surface area (Å²) in [7, 11) is 0. The van der Waals surface area contributed by atoms with Crippen molar-refractivity contribution in [2.24, 2.45) is 10.8 Å². The third-order valence-corrected chi connectivity index (χ3v) is 7.43. The van der Waals surface area contributed by atoms with Gasteiger partial charge in [0.05, 0.1) is 6.42 Å². The van der Waals surface area contributed by atoms with Gasteiger partial charge >= 0.3 is 0 Å². The molecule has 4 rings (SSSR count). The summed E-state index contributed by atoms with van der Waals surface area (Å²) in [5.74, 6) is -0.254. The van der Waals surface area contributed by atoms with Crippen molar-refractivity contribution in [1.29, 1.82) is 0 Å². The first kappa shape index (κ1) is 19.2. The fourth-order valence-corrected chi connectivity index (χ4v) is 4.84. The van der Waals surface area contributed by atoms with Crippen molar-refractivity contribution in [2.75, 3.05) is 0 Å². The van der Waals surface area contributed by atoms with Crippen molar-refractivity contribution >= 4 is 18.1 Å². The van der Waals surface area contributed by atoms with E-state index in [0.29, 0.717) is 25.4 Å². The van der Waals surface area contributed by atoms with Crippen LogP contribution in [0.2, 0.25) is 12.6 Å². The van der Waals surface area contributed by atoms with Crippen LogP contribution in [0.3, 0.4) is 0 Å². The highest BCUT2D eigenvalue weighted by atomic mass is 19.1. The number of hydrogen-bond donors (Lipinski definition) is 0. The molecule has 0 aliphatic carbocycles. The zero-order chi connectivity index (χ0) is 20.1. The first-order chi connectivity index (χ1) is 13.2. The van der Waals surface area contributed by atoms with Crippen LogP contribution >= 0.6 is 0 Å². The molecule has 0 aromatic heterocycles. The Hall–Kier alpha value is -2.10. The van der Waals surface area contributed by atoms with Gasteiger partial charge in [-0.1, -0.05) is 82.2 Å². The summed E-state index contributed by atoms with van der Waals surface area (Å²) in [5.41, 5.74) is 4.44. The highest BCUT2D eigenvalue weighted by Gasteiger charge is 2.48. The van der Waals surface area contributed by atoms with Gasteiger partial charge in [-0.3, -0.25) is 4.79 Å². The highest BCUT2D eigenvalue weighted by molar-refractivity contribution is 6.74. The summed E-state index contributed by atoms with van der Waals surface area (Å²) in [6.07, 6.45) is 2.27. The molecule has 1 fully saturated rings. The van der Waals surface area contributed by atoms with E-state index in [2.05, 4.69) is 39.8 Å². The van der Waals surface area contributed by atoms with E-state index >= 15 is 0 Å². The van der Waals surface area contributed by atoms with E-state index in [1.807, 2.05) is 29.2 Å². The van der Waals surface area contributed by atoms with Crippen molar-refractivity contribution in [3.05, 3.63) is 65.0 Å². The Bertz CT molecular complexity index is 880. The van der Waals surface area contributed by atoms with Crippen LogP contribution in [0, 0.1) is 16.6 Å². The van der Waals surface area contributed by atoms with Gasteiger partial charge in [-0.2, -0.15) is 0 Å². The molecule has 0 spiro atoms. The Balaban J connectivity index is 1.45. The first-order valence-electron chi connectivity index (χ1n) is 10.3. The molecule has 2 aromatic carbocycles. The minimum absolute atomic E-state index is 0.00835. The van der Waals surface area contributed by atoms with Crippen molar-refractivity contribution in [2.45, 2.75) is 59.8 Å². The number of benzene rings is 2. The number of amides is 1. The van der Waals surface area contributed by atoms with Crippen LogP contribution in [0.15, 0.2) is 42.5 Å². The molecule has 0 radical (unpaired) electrons. The van der Waals surface area contributed by atoms with E-state index in [9.17, 15) is 9.18 Å². The lowest BCUT2D eigenvalue weighted by molar-refractivity contribution is -0.131. The second-order valence-electron chi connectivity index (χ2n) is 9.92. The average molecular weight is 377 g/mol. The molecule has 4 heteroatoms. The molecule has 1 saturated heterocycles. The number of nitrogens with zero attached hydrogens (tertiary/aromatic N) is 1. The Morgan fingerprint density at radius 1 is 1.00 bits per heavy atom. The Labute approximate surface area is 168 Å². The molecular weight excluding hydrogens is 348 g/mol. The van der Waals surface area contributed by atoms with Crippen molar-refractivity contribution in [3.8, 4) is 0 Å². The maximum Gasteiger partial charge on any atom is 0.227 e. The maximum absolute atomic E-state index is 14.8. The summed E-state index contributed by atoms with van der Waals surface area (Å²) in [4.78, 5) is 14.5. The van der Waals surface area contributed by atoms with Crippen molar-refractivity contribution in [1.82, 2.24) is 4.90 Å². The van der Waals surface area contributed by atoms with Crippen molar-refractivity contribution < 1.29 is 9.18 Å². The molecule has 0 N–H and O–H groups in total. The Kier molecular flexibility index (Phi) is 4.64. The van der Waals surface area contributed by atoms with Gasteiger partial charge in [0.25, 0.3) is 0 Å². The van der Waals surface area contributed by atoms with Crippen LogP contribution in [0.25, 0.3) is 0 Å². The average Bonchev–Trinajstić information content (AvgIpc) is 3.15. The van der Waals surface area contributed by atoms with Crippen LogP contribution in [0.4, 0.5) is 4.39 Å². The summed E-state index contributed by atoms with van der Waals surface area (Å²) in [5, 5.41) is 0. The van der Waals surface area contributed by atoms with Crippen molar-refractivity contribution in [3.63, 3.8) is 0 Å². The standard InChI is InChI=1S/C24H29BFNO/c1-23(2)15-25(16-24(23,3)4)20-10-9-17(21(26)12-20)11-22(28)27-13-18-7-5-6-8-19(18)14-27/h5-10,12H,11,13-16H2,1-4H3. The van der Waals surface area contributed by atoms with Gasteiger partial charge < -0.3 is 4.90 Å². The molecular formula is C24H29BFNO. The SMILES string of the molecule is CC1(C)CB(c2ccc(CC(=O)N3Cc4ccccc4C3)c(F)c2)CC1(C)C. The minimum Gasteiger partial charge on any atom is -0.334 e. The minimum atomic E-state index is -0.245. The molecule has 2 aliphatic heterocycles. The molecule has 0 saturated carbocycles. The lowest BCUT2D eigenvalue weighted by Crippen LogP contribution is -2.30. The van der Waals surface area contributed by atoms with E-state index < -0.39 is 0 Å². The predicted molar refractivity (Wildman–Crippen MR) is 113 cm³/mol. The number of hydrogen-bond acceptors (Lipinski definition) is 1. The number of carbonyl (C=O) groups excluding carboxylic acids is 1. The zero-order valence-corrected chi connectivity index (χ0v) is 17.4. The zero-order valence-electron chi connectivity index (χ0n) is 17.4. The highest BCUT2D eigenvalue weighted by Crippen LogP contribution is 2.52. The van der Waals surface area contributed by atoms with Gasteiger partial charge in [0.1, 0.15) is 5.82 Å². The van der Waals surface area contributed by atoms with Gasteiger partial charge in [0, 0.05) is 13.1 Å². The summed E-state index contributed by atoms with van der Waals surface area (Å²) >= 11 is 0. The molecule has 0 bridgehead atoms. The number of carbonyl (C=O) groups is 1. The molecule has 1 amide bonds. The van der Waals surface area contributed by atoms with Crippen LogP contribution < -0.4 is 5.46 Å². The monoisotopic (exact) mass is 377 g/mol. The third-order valence-electron chi connectivity index (χ3n) is 7.43. The molecule has 28 heavy (non-hydrogen) atoms. The van der Waals surface area contributed by atoms with Crippen LogP contribution in [0.1, 0.15) is 44.4 Å². The van der Waals surface area contributed by atoms with Crippen LogP contribution in [-0.4, -0.2) is 17.5 Å². The number of fused-ring (bicyclic) bond motifs is 1. The second kappa shape index (κ2) is 6.75. The molecule has 2 aliphatic rings. The second-order valence-corrected chi connectivity index (χ2v) is 9.92.